The summed E-state index contributed by atoms with van der Waals surface area (Å²) in [7, 11) is 4.91. The molecule has 4 aliphatic carbocycles. The normalized spacial score (nSPS) is 32.4. The standard InChI is InChI=1S/C19H31N3O3/c1-21(2)18(25)12-22(3)17(24)11-20-16(23)10-19-7-13-4-14(8-19)6-15(5-13)9-19/h13-15H,4-12H2,1-3H3,(H,20,23). The van der Waals surface area contributed by atoms with Crippen LogP contribution < -0.4 is 5.32 Å². The van der Waals surface area contributed by atoms with E-state index in [0.29, 0.717) is 6.42 Å². The van der Waals surface area contributed by atoms with E-state index in [1.165, 1.54) is 48.3 Å². The second-order valence-corrected chi connectivity index (χ2v) is 8.91. The largest absolute Gasteiger partial charge is 0.347 e. The number of hydrogen-bond acceptors (Lipinski definition) is 3. The third-order valence-electron chi connectivity index (χ3n) is 6.43. The van der Waals surface area contributed by atoms with Gasteiger partial charge in [-0.05, 0) is 61.7 Å². The van der Waals surface area contributed by atoms with Crippen LogP contribution in [0.5, 0.6) is 0 Å². The fraction of sp³-hybridized carbons (Fsp3) is 0.842. The number of rotatable bonds is 6. The summed E-state index contributed by atoms with van der Waals surface area (Å²) in [5.74, 6) is 2.10. The summed E-state index contributed by atoms with van der Waals surface area (Å²) in [6.45, 7) is 0.0130. The average Bonchev–Trinajstić information content (AvgIpc) is 2.50. The minimum Gasteiger partial charge on any atom is -0.347 e. The monoisotopic (exact) mass is 349 g/mol. The van der Waals surface area contributed by atoms with E-state index in [1.807, 2.05) is 0 Å². The van der Waals surface area contributed by atoms with E-state index in [2.05, 4.69) is 5.32 Å². The number of carbonyl (C=O) groups is 3. The molecule has 4 bridgehead atoms. The van der Waals surface area contributed by atoms with Gasteiger partial charge in [-0.15, -0.1) is 0 Å². The van der Waals surface area contributed by atoms with Crippen LogP contribution in [0.3, 0.4) is 0 Å². The Morgan fingerprint density at radius 2 is 1.44 bits per heavy atom. The Hall–Kier alpha value is -1.59. The van der Waals surface area contributed by atoms with E-state index in [0.717, 1.165) is 17.8 Å². The molecule has 4 fully saturated rings. The SMILES string of the molecule is CN(C)C(=O)CN(C)C(=O)CNC(=O)CC12CC3CC(CC(C3)C1)C2. The third kappa shape index (κ3) is 4.15. The Labute approximate surface area is 150 Å². The Morgan fingerprint density at radius 1 is 0.920 bits per heavy atom. The van der Waals surface area contributed by atoms with Gasteiger partial charge in [-0.2, -0.15) is 0 Å². The molecule has 0 unspecified atom stereocenters. The Balaban J connectivity index is 1.45. The Bertz CT molecular complexity index is 523. The number of hydrogen-bond donors (Lipinski definition) is 1. The van der Waals surface area contributed by atoms with Crippen LogP contribution in [0.15, 0.2) is 0 Å². The smallest absolute Gasteiger partial charge is 0.242 e. The van der Waals surface area contributed by atoms with Crippen molar-refractivity contribution in [3.05, 3.63) is 0 Å². The van der Waals surface area contributed by atoms with Gasteiger partial charge in [0.15, 0.2) is 0 Å². The van der Waals surface area contributed by atoms with Crippen LogP contribution in [0.1, 0.15) is 44.9 Å². The van der Waals surface area contributed by atoms with Gasteiger partial charge >= 0.3 is 0 Å². The average molecular weight is 349 g/mol. The molecule has 0 atom stereocenters. The van der Waals surface area contributed by atoms with E-state index in [-0.39, 0.29) is 36.2 Å². The molecule has 0 heterocycles. The van der Waals surface area contributed by atoms with Crippen molar-refractivity contribution in [2.75, 3.05) is 34.2 Å². The van der Waals surface area contributed by atoms with Gasteiger partial charge in [-0.1, -0.05) is 0 Å². The third-order valence-corrected chi connectivity index (χ3v) is 6.43. The van der Waals surface area contributed by atoms with E-state index >= 15 is 0 Å². The van der Waals surface area contributed by atoms with E-state index in [1.54, 1.807) is 21.1 Å². The highest BCUT2D eigenvalue weighted by molar-refractivity contribution is 5.88. The molecular formula is C19H31N3O3. The van der Waals surface area contributed by atoms with Crippen molar-refractivity contribution in [3.63, 3.8) is 0 Å². The van der Waals surface area contributed by atoms with Gasteiger partial charge in [0, 0.05) is 27.6 Å². The molecule has 0 aromatic heterocycles. The van der Waals surface area contributed by atoms with Crippen LogP contribution in [0.4, 0.5) is 0 Å². The summed E-state index contributed by atoms with van der Waals surface area (Å²) in [5.41, 5.74) is 0.189. The summed E-state index contributed by atoms with van der Waals surface area (Å²) in [4.78, 5) is 39.0. The van der Waals surface area contributed by atoms with Crippen molar-refractivity contribution >= 4 is 17.7 Å². The molecule has 0 aromatic carbocycles. The fourth-order valence-corrected chi connectivity index (χ4v) is 5.65. The zero-order valence-corrected chi connectivity index (χ0v) is 15.7. The predicted molar refractivity (Wildman–Crippen MR) is 94.6 cm³/mol. The van der Waals surface area contributed by atoms with E-state index in [9.17, 15) is 14.4 Å². The molecule has 0 aromatic rings. The molecule has 6 nitrogen and oxygen atoms in total. The summed E-state index contributed by atoms with van der Waals surface area (Å²) in [5, 5.41) is 2.79. The molecule has 0 aliphatic heterocycles. The van der Waals surface area contributed by atoms with Gasteiger partial charge in [-0.25, -0.2) is 0 Å². The predicted octanol–water partition coefficient (Wildman–Crippen LogP) is 1.26. The maximum absolute atomic E-state index is 12.4. The Morgan fingerprint density at radius 3 is 1.92 bits per heavy atom. The lowest BCUT2D eigenvalue weighted by molar-refractivity contribution is -0.138. The van der Waals surface area contributed by atoms with Gasteiger partial charge in [0.25, 0.3) is 0 Å². The van der Waals surface area contributed by atoms with Crippen molar-refractivity contribution in [1.29, 1.82) is 0 Å². The first-order valence-corrected chi connectivity index (χ1v) is 9.47. The molecule has 140 valence electrons. The lowest BCUT2D eigenvalue weighted by atomic mass is 9.49. The first kappa shape index (κ1) is 18.2. The highest BCUT2D eigenvalue weighted by atomic mass is 16.2. The fourth-order valence-electron chi connectivity index (χ4n) is 5.65. The van der Waals surface area contributed by atoms with Gasteiger partial charge in [0.1, 0.15) is 0 Å². The summed E-state index contributed by atoms with van der Waals surface area (Å²) < 4.78 is 0. The first-order valence-electron chi connectivity index (χ1n) is 9.47. The molecule has 4 saturated carbocycles. The van der Waals surface area contributed by atoms with E-state index in [4.69, 9.17) is 0 Å². The molecule has 6 heteroatoms. The molecule has 25 heavy (non-hydrogen) atoms. The molecule has 4 aliphatic rings. The molecule has 0 saturated heterocycles. The van der Waals surface area contributed by atoms with Crippen molar-refractivity contribution in [2.24, 2.45) is 23.2 Å². The molecule has 0 radical (unpaired) electrons. The maximum atomic E-state index is 12.4. The number of amides is 3. The zero-order valence-electron chi connectivity index (χ0n) is 15.7. The minimum atomic E-state index is -0.228. The lowest BCUT2D eigenvalue weighted by Crippen LogP contribution is -2.49. The number of nitrogens with one attached hydrogen (secondary N) is 1. The first-order chi connectivity index (χ1) is 11.8. The molecular weight excluding hydrogens is 318 g/mol. The zero-order chi connectivity index (χ0) is 18.2. The van der Waals surface area contributed by atoms with Gasteiger partial charge < -0.3 is 15.1 Å². The van der Waals surface area contributed by atoms with Crippen LogP contribution in [0.25, 0.3) is 0 Å². The van der Waals surface area contributed by atoms with Crippen molar-refractivity contribution in [1.82, 2.24) is 15.1 Å². The summed E-state index contributed by atoms with van der Waals surface area (Å²) >= 11 is 0. The lowest BCUT2D eigenvalue weighted by Gasteiger charge is -2.56. The van der Waals surface area contributed by atoms with Gasteiger partial charge in [0.05, 0.1) is 13.1 Å². The Kier molecular flexibility index (Phi) is 5.07. The number of likely N-dealkylation sites (N-methyl/N-ethyl adjacent to an activating group) is 2. The minimum absolute atomic E-state index is 0.0114. The van der Waals surface area contributed by atoms with Crippen LogP contribution in [-0.2, 0) is 14.4 Å². The van der Waals surface area contributed by atoms with Crippen molar-refractivity contribution in [3.8, 4) is 0 Å². The molecule has 4 rings (SSSR count). The topological polar surface area (TPSA) is 69.7 Å². The highest BCUT2D eigenvalue weighted by Gasteiger charge is 2.51. The van der Waals surface area contributed by atoms with Gasteiger partial charge in [-0.3, -0.25) is 14.4 Å². The van der Waals surface area contributed by atoms with Crippen molar-refractivity contribution < 1.29 is 14.4 Å². The van der Waals surface area contributed by atoms with Crippen LogP contribution in [-0.4, -0.2) is 61.8 Å². The van der Waals surface area contributed by atoms with E-state index < -0.39 is 0 Å². The maximum Gasteiger partial charge on any atom is 0.242 e. The quantitative estimate of drug-likeness (QED) is 0.785. The molecule has 0 spiro atoms. The molecule has 3 amide bonds. The number of carbonyl (C=O) groups excluding carboxylic acids is 3. The van der Waals surface area contributed by atoms with Crippen LogP contribution in [0, 0.1) is 23.2 Å². The summed E-state index contributed by atoms with van der Waals surface area (Å²) in [6.07, 6.45) is 8.23. The second-order valence-electron chi connectivity index (χ2n) is 8.91. The number of nitrogens with zero attached hydrogens (tertiary/aromatic N) is 2. The van der Waals surface area contributed by atoms with Crippen LogP contribution >= 0.6 is 0 Å². The summed E-state index contributed by atoms with van der Waals surface area (Å²) in [6, 6.07) is 0. The van der Waals surface area contributed by atoms with Gasteiger partial charge in [0.2, 0.25) is 17.7 Å². The second kappa shape index (κ2) is 6.96. The highest BCUT2D eigenvalue weighted by Crippen LogP contribution is 2.61. The van der Waals surface area contributed by atoms with Crippen molar-refractivity contribution in [2.45, 2.75) is 44.9 Å². The van der Waals surface area contributed by atoms with Crippen LogP contribution in [0.2, 0.25) is 0 Å². The molecule has 1 N–H and O–H groups in total.